The van der Waals surface area contributed by atoms with Crippen LogP contribution in [0.3, 0.4) is 0 Å². The number of nitrogens with one attached hydrogen (secondary N) is 3. The Kier molecular flexibility index (Phi) is 12.9. The van der Waals surface area contributed by atoms with Crippen molar-refractivity contribution in [2.24, 2.45) is 17.8 Å². The van der Waals surface area contributed by atoms with Crippen molar-refractivity contribution >= 4 is 29.1 Å². The lowest BCUT2D eigenvalue weighted by atomic mass is 9.66. The summed E-state index contributed by atoms with van der Waals surface area (Å²) in [7, 11) is 3.29. The molecule has 3 amide bonds. The van der Waals surface area contributed by atoms with Gasteiger partial charge >= 0.3 is 0 Å². The van der Waals surface area contributed by atoms with Crippen LogP contribution in [0.1, 0.15) is 113 Å². The number of nitrogens with zero attached hydrogens (tertiary/aromatic N) is 3. The predicted octanol–water partition coefficient (Wildman–Crippen LogP) is 6.96. The van der Waals surface area contributed by atoms with Crippen LogP contribution >= 0.6 is 0 Å². The summed E-state index contributed by atoms with van der Waals surface area (Å²) < 4.78 is 56.5. The number of hydrogen-bond acceptors (Lipinski definition) is 5. The van der Waals surface area contributed by atoms with Gasteiger partial charge in [-0.05, 0) is 62.3 Å². The number of aromatic nitrogens is 2. The van der Waals surface area contributed by atoms with Gasteiger partial charge in [-0.25, -0.2) is 17.6 Å². The Hall–Kier alpha value is -3.64. The first kappa shape index (κ1) is 37.2. The van der Waals surface area contributed by atoms with Crippen LogP contribution < -0.4 is 20.9 Å². The topological polar surface area (TPSA) is 108 Å². The molecule has 2 aromatic rings. The second-order valence-electron chi connectivity index (χ2n) is 13.8. The Balaban J connectivity index is 1.70. The Morgan fingerprint density at radius 1 is 0.875 bits per heavy atom. The van der Waals surface area contributed by atoms with Crippen molar-refractivity contribution in [1.29, 1.82) is 0 Å². The van der Waals surface area contributed by atoms with Crippen molar-refractivity contribution in [1.82, 2.24) is 20.4 Å². The van der Waals surface area contributed by atoms with Crippen LogP contribution in [0.4, 0.5) is 28.9 Å². The maximum Gasteiger partial charge on any atom is 0.287 e. The van der Waals surface area contributed by atoms with Gasteiger partial charge in [0.25, 0.3) is 12.3 Å². The van der Waals surface area contributed by atoms with Crippen LogP contribution in [0.2, 0.25) is 0 Å². The minimum Gasteiger partial charge on any atom is -0.377 e. The number of halogens is 4. The van der Waals surface area contributed by atoms with E-state index in [1.165, 1.54) is 13.0 Å². The van der Waals surface area contributed by atoms with Crippen LogP contribution in [-0.4, -0.2) is 60.4 Å². The first-order valence-corrected chi connectivity index (χ1v) is 17.2. The van der Waals surface area contributed by atoms with E-state index in [2.05, 4.69) is 15.7 Å². The molecule has 3 N–H and O–H groups in total. The first-order valence-electron chi connectivity index (χ1n) is 17.2. The van der Waals surface area contributed by atoms with Gasteiger partial charge in [0, 0.05) is 32.0 Å². The third-order valence-electron chi connectivity index (χ3n) is 9.95. The van der Waals surface area contributed by atoms with Crippen molar-refractivity contribution < 1.29 is 31.9 Å². The summed E-state index contributed by atoms with van der Waals surface area (Å²) >= 11 is 0. The van der Waals surface area contributed by atoms with Gasteiger partial charge in [0.2, 0.25) is 18.1 Å². The van der Waals surface area contributed by atoms with Gasteiger partial charge in [0.15, 0.2) is 0 Å². The third-order valence-corrected chi connectivity index (χ3v) is 9.95. The number of rotatable bonds is 13. The average molecular weight is 679 g/mol. The number of benzene rings is 1. The summed E-state index contributed by atoms with van der Waals surface area (Å²) in [6.45, 7) is 5.18. The van der Waals surface area contributed by atoms with E-state index in [-0.39, 0.29) is 35.0 Å². The highest BCUT2D eigenvalue weighted by atomic mass is 19.3. The molecular formula is C35H50F4N6O3. The van der Waals surface area contributed by atoms with E-state index in [4.69, 9.17) is 0 Å². The molecule has 4 rings (SSSR count). The fourth-order valence-electron chi connectivity index (χ4n) is 7.51. The van der Waals surface area contributed by atoms with E-state index >= 15 is 4.39 Å². The summed E-state index contributed by atoms with van der Waals surface area (Å²) in [5.74, 6) is -3.78. The molecule has 2 unspecified atom stereocenters. The lowest BCUT2D eigenvalue weighted by Gasteiger charge is -2.42. The second-order valence-corrected chi connectivity index (χ2v) is 13.8. The number of alkyl halides is 3. The third kappa shape index (κ3) is 8.87. The molecule has 1 aromatic carbocycles. The lowest BCUT2D eigenvalue weighted by Crippen LogP contribution is -2.53. The van der Waals surface area contributed by atoms with E-state index in [0.717, 1.165) is 70.3 Å². The van der Waals surface area contributed by atoms with Gasteiger partial charge in [0.05, 0.1) is 11.6 Å². The molecule has 266 valence electrons. The number of carbonyl (C=O) groups excluding carboxylic acids is 3. The molecule has 3 atom stereocenters. The molecule has 0 radical (unpaired) electrons. The summed E-state index contributed by atoms with van der Waals surface area (Å²) in [4.78, 5) is 42.4. The minimum atomic E-state index is -3.41. The van der Waals surface area contributed by atoms with Gasteiger partial charge in [-0.3, -0.25) is 19.1 Å². The van der Waals surface area contributed by atoms with Crippen molar-refractivity contribution in [3.8, 4) is 0 Å². The largest absolute Gasteiger partial charge is 0.377 e. The van der Waals surface area contributed by atoms with Crippen molar-refractivity contribution in [3.63, 3.8) is 0 Å². The SMILES string of the molecule is CC(C(=O)NC(F)C(F)F)c1cc(F)c(NC(=O)[C@@H](NC(=O)c2ccnn2C(C)C)C(C2CCCCC2)C2CCCCC2)cc1N(C)C. The Labute approximate surface area is 280 Å². The average Bonchev–Trinajstić information content (AvgIpc) is 3.56. The van der Waals surface area contributed by atoms with Gasteiger partial charge in [-0.15, -0.1) is 0 Å². The molecule has 2 aliphatic carbocycles. The molecule has 0 bridgehead atoms. The van der Waals surface area contributed by atoms with Crippen molar-refractivity contribution in [3.05, 3.63) is 41.5 Å². The monoisotopic (exact) mass is 678 g/mol. The van der Waals surface area contributed by atoms with Crippen LogP contribution in [0.25, 0.3) is 0 Å². The maximum atomic E-state index is 15.8. The van der Waals surface area contributed by atoms with Gasteiger partial charge in [-0.1, -0.05) is 64.2 Å². The van der Waals surface area contributed by atoms with E-state index in [0.29, 0.717) is 11.4 Å². The molecule has 13 heteroatoms. The zero-order valence-electron chi connectivity index (χ0n) is 28.6. The Morgan fingerprint density at radius 2 is 1.46 bits per heavy atom. The number of amides is 3. The Morgan fingerprint density at radius 3 is 1.98 bits per heavy atom. The Bertz CT molecular complexity index is 1390. The van der Waals surface area contributed by atoms with Crippen LogP contribution in [0.5, 0.6) is 0 Å². The fourth-order valence-corrected chi connectivity index (χ4v) is 7.51. The van der Waals surface area contributed by atoms with Crippen LogP contribution in [-0.2, 0) is 9.59 Å². The fraction of sp³-hybridized carbons (Fsp3) is 0.657. The van der Waals surface area contributed by atoms with Crippen molar-refractivity contribution in [2.45, 2.75) is 116 Å². The minimum absolute atomic E-state index is 0.0896. The van der Waals surface area contributed by atoms with Gasteiger partial charge in [-0.2, -0.15) is 5.10 Å². The zero-order valence-corrected chi connectivity index (χ0v) is 28.6. The molecule has 0 aliphatic heterocycles. The van der Waals surface area contributed by atoms with Gasteiger partial charge in [0.1, 0.15) is 17.6 Å². The molecule has 48 heavy (non-hydrogen) atoms. The van der Waals surface area contributed by atoms with E-state index in [1.54, 1.807) is 41.3 Å². The summed E-state index contributed by atoms with van der Waals surface area (Å²) in [5.41, 5.74) is 0.630. The normalized spacial score (nSPS) is 18.1. The van der Waals surface area contributed by atoms with E-state index in [9.17, 15) is 27.6 Å². The molecule has 1 heterocycles. The molecule has 0 spiro atoms. The molecule has 2 fully saturated rings. The highest BCUT2D eigenvalue weighted by molar-refractivity contribution is 6.01. The quantitative estimate of drug-likeness (QED) is 0.157. The second kappa shape index (κ2) is 16.6. The maximum absolute atomic E-state index is 15.8. The van der Waals surface area contributed by atoms with Gasteiger partial charge < -0.3 is 20.9 Å². The smallest absolute Gasteiger partial charge is 0.287 e. The molecular weight excluding hydrogens is 628 g/mol. The molecule has 9 nitrogen and oxygen atoms in total. The molecule has 2 saturated carbocycles. The van der Waals surface area contributed by atoms with Crippen LogP contribution in [0, 0.1) is 23.6 Å². The zero-order chi connectivity index (χ0) is 35.1. The first-order chi connectivity index (χ1) is 22.8. The van der Waals surface area contributed by atoms with E-state index < -0.39 is 48.2 Å². The molecule has 0 saturated heterocycles. The predicted molar refractivity (Wildman–Crippen MR) is 177 cm³/mol. The van der Waals surface area contributed by atoms with Crippen LogP contribution in [0.15, 0.2) is 24.4 Å². The lowest BCUT2D eigenvalue weighted by molar-refractivity contribution is -0.126. The number of hydrogen-bond donors (Lipinski definition) is 3. The molecule has 2 aliphatic rings. The van der Waals surface area contributed by atoms with E-state index in [1.807, 2.05) is 13.8 Å². The highest BCUT2D eigenvalue weighted by Gasteiger charge is 2.42. The number of anilines is 2. The summed E-state index contributed by atoms with van der Waals surface area (Å²) in [5, 5.41) is 11.7. The summed E-state index contributed by atoms with van der Waals surface area (Å²) in [6, 6.07) is 3.00. The highest BCUT2D eigenvalue weighted by Crippen LogP contribution is 2.42. The standard InChI is InChI=1S/C35H50F4N6O3/c1-20(2)45-27(16-17-40-45)34(47)42-30(29(22-12-8-6-9-13-22)23-14-10-7-11-15-23)35(48)41-26-19-28(44(4)5)24(18-25(26)36)21(3)33(46)43-32(39)31(37)38/h16-23,29-32H,6-15H2,1-5H3,(H,41,48)(H,42,47)(H,43,46)/t21?,30-,32?/m0/s1. The number of carbonyl (C=O) groups is 3. The van der Waals surface area contributed by atoms with Crippen molar-refractivity contribution in [2.75, 3.05) is 24.3 Å². The summed E-state index contributed by atoms with van der Waals surface area (Å²) in [6.07, 6.45) is 5.51. The molecule has 1 aromatic heterocycles.